The summed E-state index contributed by atoms with van der Waals surface area (Å²) in [6.45, 7) is 4.61. The van der Waals surface area contributed by atoms with Gasteiger partial charge in [-0.2, -0.15) is 0 Å². The van der Waals surface area contributed by atoms with Crippen molar-refractivity contribution in [3.8, 4) is 0 Å². The third-order valence-electron chi connectivity index (χ3n) is 2.71. The second-order valence-corrected chi connectivity index (χ2v) is 4.87. The van der Waals surface area contributed by atoms with Crippen LogP contribution in [0.2, 0.25) is 0 Å². The fourth-order valence-corrected chi connectivity index (χ4v) is 2.15. The Morgan fingerprint density at radius 1 is 1.00 bits per heavy atom. The number of nitrogens with zero attached hydrogens (tertiary/aromatic N) is 1. The van der Waals surface area contributed by atoms with E-state index in [0.717, 1.165) is 5.33 Å². The molecule has 2 heteroatoms. The van der Waals surface area contributed by atoms with Gasteiger partial charge < -0.3 is 4.90 Å². The van der Waals surface area contributed by atoms with Gasteiger partial charge in [0.2, 0.25) is 0 Å². The van der Waals surface area contributed by atoms with Crippen LogP contribution in [0.5, 0.6) is 0 Å². The second kappa shape index (κ2) is 8.63. The van der Waals surface area contributed by atoms with E-state index in [1.807, 2.05) is 0 Å². The Morgan fingerprint density at radius 3 is 2.31 bits per heavy atom. The van der Waals surface area contributed by atoms with E-state index >= 15 is 0 Å². The van der Waals surface area contributed by atoms with Crippen molar-refractivity contribution in [2.75, 3.05) is 23.3 Å². The molecule has 0 atom stereocenters. The van der Waals surface area contributed by atoms with Gasteiger partial charge in [0.25, 0.3) is 0 Å². The monoisotopic (exact) mass is 283 g/mol. The Bertz CT molecular complexity index is 261. The molecule has 0 saturated heterocycles. The van der Waals surface area contributed by atoms with E-state index in [9.17, 15) is 0 Å². The Labute approximate surface area is 108 Å². The van der Waals surface area contributed by atoms with Crippen LogP contribution in [0.3, 0.4) is 0 Å². The molecule has 16 heavy (non-hydrogen) atoms. The normalized spacial score (nSPS) is 10.4. The van der Waals surface area contributed by atoms with Crippen LogP contribution in [0.15, 0.2) is 30.3 Å². The van der Waals surface area contributed by atoms with E-state index in [-0.39, 0.29) is 0 Å². The molecule has 0 aliphatic rings. The molecule has 0 aliphatic heterocycles. The summed E-state index contributed by atoms with van der Waals surface area (Å²) in [6.07, 6.45) is 5.07. The van der Waals surface area contributed by atoms with Gasteiger partial charge in [-0.05, 0) is 31.4 Å². The number of benzene rings is 1. The van der Waals surface area contributed by atoms with Crippen LogP contribution in [0.4, 0.5) is 5.69 Å². The molecule has 0 aliphatic carbocycles. The lowest BCUT2D eigenvalue weighted by molar-refractivity contribution is 0.681. The number of anilines is 1. The third-order valence-corrected chi connectivity index (χ3v) is 3.28. The lowest BCUT2D eigenvalue weighted by Gasteiger charge is -2.24. The first kappa shape index (κ1) is 13.6. The van der Waals surface area contributed by atoms with Crippen molar-refractivity contribution in [1.29, 1.82) is 0 Å². The van der Waals surface area contributed by atoms with Crippen LogP contribution in [0.25, 0.3) is 0 Å². The van der Waals surface area contributed by atoms with Gasteiger partial charge in [0.05, 0.1) is 0 Å². The van der Waals surface area contributed by atoms with Gasteiger partial charge in [0.15, 0.2) is 0 Å². The quantitative estimate of drug-likeness (QED) is 0.503. The first-order valence-corrected chi connectivity index (χ1v) is 7.36. The molecule has 1 rings (SSSR count). The van der Waals surface area contributed by atoms with Crippen molar-refractivity contribution in [3.05, 3.63) is 30.3 Å². The maximum atomic E-state index is 3.49. The van der Waals surface area contributed by atoms with Gasteiger partial charge in [0, 0.05) is 24.1 Å². The van der Waals surface area contributed by atoms with Gasteiger partial charge in [-0.15, -0.1) is 0 Å². The van der Waals surface area contributed by atoms with Gasteiger partial charge >= 0.3 is 0 Å². The molecule has 1 nitrogen and oxygen atoms in total. The average molecular weight is 284 g/mol. The Morgan fingerprint density at radius 2 is 1.69 bits per heavy atom. The van der Waals surface area contributed by atoms with Crippen LogP contribution in [-0.2, 0) is 0 Å². The number of rotatable bonds is 8. The molecular formula is C14H22BrN. The van der Waals surface area contributed by atoms with Crippen molar-refractivity contribution >= 4 is 21.6 Å². The van der Waals surface area contributed by atoms with E-state index in [1.165, 1.54) is 44.5 Å². The minimum Gasteiger partial charge on any atom is -0.372 e. The van der Waals surface area contributed by atoms with Gasteiger partial charge in [0.1, 0.15) is 0 Å². The summed E-state index contributed by atoms with van der Waals surface area (Å²) in [6, 6.07) is 10.8. The molecule has 0 fully saturated rings. The van der Waals surface area contributed by atoms with E-state index < -0.39 is 0 Å². The highest BCUT2D eigenvalue weighted by atomic mass is 79.9. The Hall–Kier alpha value is -0.500. The van der Waals surface area contributed by atoms with Crippen molar-refractivity contribution in [3.63, 3.8) is 0 Å². The van der Waals surface area contributed by atoms with Crippen molar-refractivity contribution < 1.29 is 0 Å². The number of hydrogen-bond acceptors (Lipinski definition) is 1. The summed E-state index contributed by atoms with van der Waals surface area (Å²) in [5, 5.41) is 1.11. The molecule has 0 heterocycles. The fraction of sp³-hybridized carbons (Fsp3) is 0.571. The first-order chi connectivity index (χ1) is 7.88. The zero-order valence-electron chi connectivity index (χ0n) is 10.2. The number of hydrogen-bond donors (Lipinski definition) is 0. The van der Waals surface area contributed by atoms with E-state index in [2.05, 4.69) is 58.1 Å². The average Bonchev–Trinajstić information content (AvgIpc) is 2.35. The highest BCUT2D eigenvalue weighted by molar-refractivity contribution is 9.09. The topological polar surface area (TPSA) is 3.24 Å². The lowest BCUT2D eigenvalue weighted by atomic mass is 10.2. The van der Waals surface area contributed by atoms with Gasteiger partial charge in [-0.3, -0.25) is 0 Å². The summed E-state index contributed by atoms with van der Waals surface area (Å²) >= 11 is 3.49. The molecule has 0 N–H and O–H groups in total. The molecule has 0 radical (unpaired) electrons. The Balaban J connectivity index is 2.49. The summed E-state index contributed by atoms with van der Waals surface area (Å²) in [7, 11) is 0. The minimum absolute atomic E-state index is 1.11. The fourth-order valence-electron chi connectivity index (χ4n) is 1.75. The van der Waals surface area contributed by atoms with Gasteiger partial charge in [-0.25, -0.2) is 0 Å². The molecule has 1 aromatic rings. The molecule has 90 valence electrons. The number of halogens is 1. The van der Waals surface area contributed by atoms with E-state index in [1.54, 1.807) is 0 Å². The summed E-state index contributed by atoms with van der Waals surface area (Å²) < 4.78 is 0. The summed E-state index contributed by atoms with van der Waals surface area (Å²) in [5.74, 6) is 0. The minimum atomic E-state index is 1.11. The Kier molecular flexibility index (Phi) is 7.32. The van der Waals surface area contributed by atoms with Crippen LogP contribution < -0.4 is 4.90 Å². The molecule has 0 saturated carbocycles. The number of unbranched alkanes of at least 4 members (excludes halogenated alkanes) is 2. The SMILES string of the molecule is CCCCN(CCCCBr)c1ccccc1. The van der Waals surface area contributed by atoms with Crippen LogP contribution in [-0.4, -0.2) is 18.4 Å². The largest absolute Gasteiger partial charge is 0.372 e. The van der Waals surface area contributed by atoms with Crippen LogP contribution in [0.1, 0.15) is 32.6 Å². The molecule has 0 aromatic heterocycles. The first-order valence-electron chi connectivity index (χ1n) is 6.24. The zero-order valence-corrected chi connectivity index (χ0v) is 11.7. The lowest BCUT2D eigenvalue weighted by Crippen LogP contribution is -2.25. The summed E-state index contributed by atoms with van der Waals surface area (Å²) in [5.41, 5.74) is 1.37. The standard InChI is InChI=1S/C14H22BrN/c1-2-3-12-16(13-8-7-11-15)14-9-5-4-6-10-14/h4-6,9-10H,2-3,7-8,11-13H2,1H3. The number of alkyl halides is 1. The molecule has 0 bridgehead atoms. The van der Waals surface area contributed by atoms with Crippen molar-refractivity contribution in [2.45, 2.75) is 32.6 Å². The van der Waals surface area contributed by atoms with Crippen LogP contribution >= 0.6 is 15.9 Å². The number of para-hydroxylation sites is 1. The third kappa shape index (κ3) is 5.02. The predicted molar refractivity (Wildman–Crippen MR) is 76.6 cm³/mol. The van der Waals surface area contributed by atoms with Crippen molar-refractivity contribution in [2.24, 2.45) is 0 Å². The van der Waals surface area contributed by atoms with E-state index in [4.69, 9.17) is 0 Å². The second-order valence-electron chi connectivity index (χ2n) is 4.07. The predicted octanol–water partition coefficient (Wildman–Crippen LogP) is 4.47. The summed E-state index contributed by atoms with van der Waals surface area (Å²) in [4.78, 5) is 2.51. The molecule has 1 aromatic carbocycles. The smallest absolute Gasteiger partial charge is 0.0366 e. The molecular weight excluding hydrogens is 262 g/mol. The molecule has 0 unspecified atom stereocenters. The van der Waals surface area contributed by atoms with Gasteiger partial charge in [-0.1, -0.05) is 47.5 Å². The van der Waals surface area contributed by atoms with E-state index in [0.29, 0.717) is 0 Å². The maximum Gasteiger partial charge on any atom is 0.0366 e. The molecule has 0 spiro atoms. The molecule has 0 amide bonds. The van der Waals surface area contributed by atoms with Crippen LogP contribution in [0, 0.1) is 0 Å². The highest BCUT2D eigenvalue weighted by Crippen LogP contribution is 2.15. The highest BCUT2D eigenvalue weighted by Gasteiger charge is 2.04. The zero-order chi connectivity index (χ0) is 11.6. The van der Waals surface area contributed by atoms with Crippen molar-refractivity contribution in [1.82, 2.24) is 0 Å². The maximum absolute atomic E-state index is 3.49.